The van der Waals surface area contributed by atoms with Gasteiger partial charge in [-0.15, -0.1) is 5.10 Å². The van der Waals surface area contributed by atoms with E-state index < -0.39 is 5.97 Å². The minimum absolute atomic E-state index is 0.252. The van der Waals surface area contributed by atoms with Gasteiger partial charge in [-0.05, 0) is 40.9 Å². The highest BCUT2D eigenvalue weighted by molar-refractivity contribution is 9.10. The molecule has 0 saturated carbocycles. The van der Waals surface area contributed by atoms with Crippen molar-refractivity contribution in [2.45, 2.75) is 25.4 Å². The number of nitrogens with zero attached hydrogens (tertiary/aromatic N) is 6. The van der Waals surface area contributed by atoms with Crippen LogP contribution in [0.2, 0.25) is 0 Å². The van der Waals surface area contributed by atoms with Crippen molar-refractivity contribution < 1.29 is 9.53 Å². The first-order valence-corrected chi connectivity index (χ1v) is 9.29. The summed E-state index contributed by atoms with van der Waals surface area (Å²) in [5, 5.41) is 7.98. The van der Waals surface area contributed by atoms with E-state index in [4.69, 9.17) is 4.98 Å². The van der Waals surface area contributed by atoms with Gasteiger partial charge in [-0.25, -0.2) is 14.5 Å². The van der Waals surface area contributed by atoms with Crippen LogP contribution in [0.3, 0.4) is 0 Å². The molecule has 0 spiro atoms. The molecule has 0 radical (unpaired) electrons. The first-order chi connectivity index (χ1) is 12.7. The molecule has 4 rings (SSSR count). The molecule has 1 aliphatic rings. The third-order valence-corrected chi connectivity index (χ3v) is 5.59. The second-order valence-corrected chi connectivity index (χ2v) is 7.11. The number of halogens is 1. The normalized spacial score (nSPS) is 16.2. The van der Waals surface area contributed by atoms with Crippen LogP contribution >= 0.6 is 15.9 Å². The molecular formula is C17H19BrN6O2. The quantitative estimate of drug-likeness (QED) is 0.604. The largest absolute Gasteiger partial charge is 0.464 e. The van der Waals surface area contributed by atoms with Gasteiger partial charge in [0, 0.05) is 25.8 Å². The van der Waals surface area contributed by atoms with E-state index in [-0.39, 0.29) is 11.7 Å². The SMILES string of the molecule is COC(=O)c1cn(C2CCN(Cc3nc4ccccn4c3Br)CC2)nn1. The number of piperidine rings is 1. The van der Waals surface area contributed by atoms with Crippen LogP contribution in [0.1, 0.15) is 35.1 Å². The van der Waals surface area contributed by atoms with Crippen LogP contribution in [-0.4, -0.2) is 55.4 Å². The molecule has 3 aromatic rings. The van der Waals surface area contributed by atoms with Gasteiger partial charge < -0.3 is 4.74 Å². The average Bonchev–Trinajstić information content (AvgIpc) is 3.28. The Morgan fingerprint density at radius 1 is 1.35 bits per heavy atom. The Balaban J connectivity index is 1.39. The van der Waals surface area contributed by atoms with Crippen molar-refractivity contribution in [3.8, 4) is 0 Å². The van der Waals surface area contributed by atoms with E-state index in [1.165, 1.54) is 7.11 Å². The molecule has 3 aromatic heterocycles. The maximum absolute atomic E-state index is 11.5. The van der Waals surface area contributed by atoms with Gasteiger partial charge >= 0.3 is 5.97 Å². The maximum Gasteiger partial charge on any atom is 0.360 e. The van der Waals surface area contributed by atoms with Crippen LogP contribution in [0.4, 0.5) is 0 Å². The summed E-state index contributed by atoms with van der Waals surface area (Å²) in [6.07, 6.45) is 5.58. The van der Waals surface area contributed by atoms with Crippen molar-refractivity contribution in [3.05, 3.63) is 46.6 Å². The van der Waals surface area contributed by atoms with Gasteiger partial charge in [0.05, 0.1) is 25.0 Å². The number of pyridine rings is 1. The molecule has 26 heavy (non-hydrogen) atoms. The third kappa shape index (κ3) is 3.24. The van der Waals surface area contributed by atoms with E-state index in [1.807, 2.05) is 28.8 Å². The Morgan fingerprint density at radius 2 is 2.15 bits per heavy atom. The molecule has 0 atom stereocenters. The lowest BCUT2D eigenvalue weighted by atomic mass is 10.1. The van der Waals surface area contributed by atoms with E-state index in [9.17, 15) is 4.79 Å². The van der Waals surface area contributed by atoms with Crippen molar-refractivity contribution in [1.29, 1.82) is 0 Å². The van der Waals surface area contributed by atoms with E-state index >= 15 is 0 Å². The number of hydrogen-bond donors (Lipinski definition) is 0. The van der Waals surface area contributed by atoms with Gasteiger partial charge in [0.25, 0.3) is 0 Å². The fourth-order valence-corrected chi connectivity index (χ4v) is 3.84. The molecule has 0 aromatic carbocycles. The summed E-state index contributed by atoms with van der Waals surface area (Å²) in [6.45, 7) is 2.69. The van der Waals surface area contributed by atoms with Crippen LogP contribution in [0.5, 0.6) is 0 Å². The van der Waals surface area contributed by atoms with Gasteiger partial charge in [0.15, 0.2) is 5.69 Å². The number of fused-ring (bicyclic) bond motifs is 1. The van der Waals surface area contributed by atoms with Gasteiger partial charge in [-0.1, -0.05) is 11.3 Å². The Kier molecular flexibility index (Phi) is 4.73. The van der Waals surface area contributed by atoms with Crippen LogP contribution < -0.4 is 0 Å². The summed E-state index contributed by atoms with van der Waals surface area (Å²) in [7, 11) is 1.34. The van der Waals surface area contributed by atoms with Crippen LogP contribution in [0, 0.1) is 0 Å². The van der Waals surface area contributed by atoms with E-state index in [2.05, 4.69) is 35.9 Å². The van der Waals surface area contributed by atoms with E-state index in [1.54, 1.807) is 10.9 Å². The molecule has 4 heterocycles. The maximum atomic E-state index is 11.5. The lowest BCUT2D eigenvalue weighted by Gasteiger charge is -2.31. The Morgan fingerprint density at radius 3 is 2.88 bits per heavy atom. The lowest BCUT2D eigenvalue weighted by Crippen LogP contribution is -2.34. The van der Waals surface area contributed by atoms with Gasteiger partial charge in [0.1, 0.15) is 10.3 Å². The van der Waals surface area contributed by atoms with Crippen molar-refractivity contribution >= 4 is 27.5 Å². The predicted molar refractivity (Wildman–Crippen MR) is 97.8 cm³/mol. The number of imidazole rings is 1. The molecule has 1 fully saturated rings. The Bertz CT molecular complexity index is 928. The summed E-state index contributed by atoms with van der Waals surface area (Å²) in [6, 6.07) is 6.24. The number of esters is 1. The van der Waals surface area contributed by atoms with E-state index in [0.29, 0.717) is 0 Å². The highest BCUT2D eigenvalue weighted by atomic mass is 79.9. The zero-order valence-electron chi connectivity index (χ0n) is 14.4. The number of rotatable bonds is 4. The average molecular weight is 419 g/mol. The number of ether oxygens (including phenoxy) is 1. The number of likely N-dealkylation sites (tertiary alicyclic amines) is 1. The zero-order valence-corrected chi connectivity index (χ0v) is 16.0. The van der Waals surface area contributed by atoms with Crippen LogP contribution in [0.15, 0.2) is 35.2 Å². The molecule has 1 aliphatic heterocycles. The molecule has 136 valence electrons. The minimum Gasteiger partial charge on any atom is -0.464 e. The summed E-state index contributed by atoms with van der Waals surface area (Å²) in [4.78, 5) is 18.6. The minimum atomic E-state index is -0.453. The number of methoxy groups -OCH3 is 1. The first-order valence-electron chi connectivity index (χ1n) is 8.49. The first kappa shape index (κ1) is 17.2. The lowest BCUT2D eigenvalue weighted by molar-refractivity contribution is 0.0594. The molecule has 0 unspecified atom stereocenters. The number of hydrogen-bond acceptors (Lipinski definition) is 6. The van der Waals surface area contributed by atoms with Crippen molar-refractivity contribution in [2.75, 3.05) is 20.2 Å². The number of aromatic nitrogens is 5. The molecule has 0 aliphatic carbocycles. The highest BCUT2D eigenvalue weighted by Crippen LogP contribution is 2.25. The second-order valence-electron chi connectivity index (χ2n) is 6.36. The standard InChI is InChI=1S/C17H19BrN6O2/c1-26-17(25)14-11-24(21-20-14)12-5-8-22(9-6-12)10-13-16(18)23-7-3-2-4-15(23)19-13/h2-4,7,11-12H,5-6,8-10H2,1H3. The Hall–Kier alpha value is -2.26. The van der Waals surface area contributed by atoms with Gasteiger partial charge in [-0.2, -0.15) is 0 Å². The third-order valence-electron chi connectivity index (χ3n) is 4.75. The summed E-state index contributed by atoms with van der Waals surface area (Å²) in [5.74, 6) is -0.453. The van der Waals surface area contributed by atoms with Gasteiger partial charge in [0.2, 0.25) is 0 Å². The fourth-order valence-electron chi connectivity index (χ4n) is 3.32. The number of carbonyl (C=O) groups excluding carboxylic acids is 1. The van der Waals surface area contributed by atoms with Crippen molar-refractivity contribution in [1.82, 2.24) is 29.3 Å². The molecular weight excluding hydrogens is 400 g/mol. The molecule has 0 amide bonds. The molecule has 0 bridgehead atoms. The molecule has 1 saturated heterocycles. The van der Waals surface area contributed by atoms with Crippen molar-refractivity contribution in [3.63, 3.8) is 0 Å². The second kappa shape index (κ2) is 7.16. The van der Waals surface area contributed by atoms with Crippen LogP contribution in [0.25, 0.3) is 5.65 Å². The predicted octanol–water partition coefficient (Wildman–Crippen LogP) is 2.31. The fraction of sp³-hybridized carbons (Fsp3) is 0.412. The molecule has 9 heteroatoms. The zero-order chi connectivity index (χ0) is 18.1. The monoisotopic (exact) mass is 418 g/mol. The van der Waals surface area contributed by atoms with Crippen LogP contribution in [-0.2, 0) is 11.3 Å². The van der Waals surface area contributed by atoms with Gasteiger partial charge in [-0.3, -0.25) is 9.30 Å². The summed E-state index contributed by atoms with van der Waals surface area (Å²) < 4.78 is 9.52. The smallest absolute Gasteiger partial charge is 0.360 e. The topological polar surface area (TPSA) is 77.5 Å². The van der Waals surface area contributed by atoms with E-state index in [0.717, 1.165) is 48.4 Å². The molecule has 8 nitrogen and oxygen atoms in total. The highest BCUT2D eigenvalue weighted by Gasteiger charge is 2.24. The van der Waals surface area contributed by atoms with Crippen molar-refractivity contribution in [2.24, 2.45) is 0 Å². The Labute approximate surface area is 158 Å². The summed E-state index contributed by atoms with van der Waals surface area (Å²) in [5.41, 5.74) is 2.24. The molecule has 0 N–H and O–H groups in total. The summed E-state index contributed by atoms with van der Waals surface area (Å²) >= 11 is 3.66. The number of carbonyl (C=O) groups is 1.